The van der Waals surface area contributed by atoms with Crippen molar-refractivity contribution in [3.05, 3.63) is 149 Å². The Kier molecular flexibility index (Phi) is 16.0. The Morgan fingerprint density at radius 1 is 0.585 bits per heavy atom. The van der Waals surface area contributed by atoms with Gasteiger partial charge >= 0.3 is 11.9 Å². The third-order valence-corrected chi connectivity index (χ3v) is 15.3. The highest BCUT2D eigenvalue weighted by Crippen LogP contribution is 2.43. The van der Waals surface area contributed by atoms with E-state index in [0.29, 0.717) is 29.5 Å². The lowest BCUT2D eigenvalue weighted by molar-refractivity contribution is 0.0696. The van der Waals surface area contributed by atoms with E-state index in [-0.39, 0.29) is 84.0 Å². The molecule has 82 heavy (non-hydrogen) atoms. The van der Waals surface area contributed by atoms with E-state index in [4.69, 9.17) is 0 Å². The molecule has 0 bridgehead atoms. The van der Waals surface area contributed by atoms with Crippen LogP contribution < -0.4 is 16.0 Å². The van der Waals surface area contributed by atoms with E-state index in [1.807, 2.05) is 12.1 Å². The number of aromatic carboxylic acids is 2. The highest BCUT2D eigenvalue weighted by atomic mass is 32.2. The van der Waals surface area contributed by atoms with E-state index >= 15 is 0 Å². The average molecular weight is 1210 g/mol. The van der Waals surface area contributed by atoms with Gasteiger partial charge in [-0.05, 0) is 104 Å². The first-order chi connectivity index (χ1) is 38.5. The molecule has 9 N–H and O–H groups in total. The predicted molar refractivity (Wildman–Crippen MR) is 285 cm³/mol. The minimum Gasteiger partial charge on any atom is -0.478 e. The Hall–Kier alpha value is -10.1. The van der Waals surface area contributed by atoms with Gasteiger partial charge in [-0.3, -0.25) is 23.0 Å². The van der Waals surface area contributed by atoms with Gasteiger partial charge < -0.3 is 26.2 Å². The molecular formula is C47H31N13O17S5. The second-order valence-corrected chi connectivity index (χ2v) is 23.2. The van der Waals surface area contributed by atoms with Crippen LogP contribution in [0.3, 0.4) is 0 Å². The van der Waals surface area contributed by atoms with Crippen LogP contribution in [0.25, 0.3) is 16.9 Å². The molecule has 0 fully saturated rings. The van der Waals surface area contributed by atoms with E-state index in [0.717, 1.165) is 53.3 Å². The molecule has 0 radical (unpaired) electrons. The number of hydrogen-bond acceptors (Lipinski definition) is 23. The van der Waals surface area contributed by atoms with Gasteiger partial charge in [-0.15, -0.1) is 20.5 Å². The van der Waals surface area contributed by atoms with Gasteiger partial charge in [0.2, 0.25) is 5.13 Å². The number of thiazole rings is 1. The summed E-state index contributed by atoms with van der Waals surface area (Å²) in [5.74, 6) is -4.67. The third kappa shape index (κ3) is 13.2. The summed E-state index contributed by atoms with van der Waals surface area (Å²) in [4.78, 5) is 43.5. The maximum Gasteiger partial charge on any atom is 0.335 e. The summed E-state index contributed by atoms with van der Waals surface area (Å²) in [7, 11) is -19.4. The molecular weight excluding hydrogens is 1180 g/mol. The van der Waals surface area contributed by atoms with Crippen molar-refractivity contribution in [1.82, 2.24) is 19.7 Å². The zero-order valence-corrected chi connectivity index (χ0v) is 44.7. The van der Waals surface area contributed by atoms with Gasteiger partial charge in [0.25, 0.3) is 46.4 Å². The van der Waals surface area contributed by atoms with E-state index in [1.165, 1.54) is 55.5 Å². The Labute approximate surface area is 465 Å². The van der Waals surface area contributed by atoms with Crippen molar-refractivity contribution in [2.45, 2.75) is 26.5 Å². The van der Waals surface area contributed by atoms with E-state index < -0.39 is 94.6 Å². The van der Waals surface area contributed by atoms with Crippen molar-refractivity contribution < 1.29 is 76.5 Å². The maximum atomic E-state index is 13.3. The predicted octanol–water partition coefficient (Wildman–Crippen LogP) is 8.40. The number of nitrogens with one attached hydrogen (secondary N) is 3. The SMILES string of the molecule is Cc1c(C#N)c(Nc2ccc(S(=O)(=O)O)cc2)nc(Nc2ccc(S(=O)(=O)O)cc2)c1N=Nc1nc(-c2ccc(NC(=O)c3cc(S(=O)(=O)O)cc(S(=O)(=O)O)c3)cc2)c(N=Nc2c(C#N)cnn2-c2cc(C(=O)O)cc(C(=O)O)c2)s1. The standard InChI is InChI=1S/C47H31N13O17S5/c1-23-37(21-49)40(51-29-6-10-33(11-7-29)79(66,67)68)55-41(52-30-8-12-34(13-9-30)80(69,70)71)38(23)56-59-47-54-39(24-2-4-31(5-3-24)53-43(61)25-17-35(81(72,73)74)19-36(18-25)82(75,76)77)44(78-47)58-57-42-28(20-48)22-50-60(42)32-15-26(45(62)63)14-27(16-32)46(64)65/h2-19,22H,1H3,(H,53,61)(H,62,63)(H,64,65)(H2,51,52,55)(H,66,67,68)(H,69,70,71)(H,72,73,74)(H,75,76,77). The van der Waals surface area contributed by atoms with Crippen molar-refractivity contribution in [2.24, 2.45) is 20.5 Å². The van der Waals surface area contributed by atoms with Crippen molar-refractivity contribution in [1.29, 1.82) is 10.5 Å². The molecule has 8 rings (SSSR count). The van der Waals surface area contributed by atoms with E-state index in [9.17, 15) is 87.0 Å². The highest BCUT2D eigenvalue weighted by molar-refractivity contribution is 7.87. The molecule has 8 aromatic rings. The van der Waals surface area contributed by atoms with Crippen LogP contribution >= 0.6 is 11.3 Å². The van der Waals surface area contributed by atoms with Crippen LogP contribution in [-0.2, 0) is 40.5 Å². The second kappa shape index (κ2) is 22.6. The summed E-state index contributed by atoms with van der Waals surface area (Å²) in [5.41, 5.74) is -1.52. The van der Waals surface area contributed by atoms with Crippen molar-refractivity contribution in [2.75, 3.05) is 16.0 Å². The number of carboxylic acids is 2. The number of pyridine rings is 1. The molecule has 0 aliphatic carbocycles. The number of benzene rings is 5. The van der Waals surface area contributed by atoms with E-state index in [2.05, 4.69) is 51.5 Å². The molecule has 5 aromatic carbocycles. The number of hydrogen-bond donors (Lipinski definition) is 9. The second-order valence-electron chi connectivity index (χ2n) is 16.5. The average Bonchev–Trinajstić information content (AvgIpc) is 3.84. The van der Waals surface area contributed by atoms with Crippen LogP contribution in [0.5, 0.6) is 0 Å². The number of nitrogens with zero attached hydrogens (tertiary/aromatic N) is 10. The molecule has 0 saturated carbocycles. The first-order valence-corrected chi connectivity index (χ1v) is 28.7. The number of amides is 1. The number of aromatic nitrogens is 4. The van der Waals surface area contributed by atoms with Crippen LogP contribution in [0.2, 0.25) is 0 Å². The Balaban J connectivity index is 1.24. The molecule has 30 nitrogen and oxygen atoms in total. The minimum atomic E-state index is -5.09. The molecule has 0 atom stereocenters. The third-order valence-electron chi connectivity index (χ3n) is 11.1. The number of anilines is 5. The topological polar surface area (TPSA) is 486 Å². The molecule has 0 saturated heterocycles. The smallest absolute Gasteiger partial charge is 0.335 e. The van der Waals surface area contributed by atoms with Crippen molar-refractivity contribution in [3.8, 4) is 29.1 Å². The fraction of sp³-hybridized carbons (Fsp3) is 0.0213. The highest BCUT2D eigenvalue weighted by Gasteiger charge is 2.24. The Morgan fingerprint density at radius 3 is 1.59 bits per heavy atom. The summed E-state index contributed by atoms with van der Waals surface area (Å²) in [5, 5.41) is 69.3. The summed E-state index contributed by atoms with van der Waals surface area (Å²) >= 11 is 0.711. The first kappa shape index (κ1) is 58.1. The maximum absolute atomic E-state index is 13.3. The zero-order chi connectivity index (χ0) is 59.6. The van der Waals surface area contributed by atoms with Gasteiger partial charge in [-0.1, -0.05) is 23.5 Å². The number of carbonyl (C=O) groups excluding carboxylic acids is 1. The van der Waals surface area contributed by atoms with Gasteiger partial charge in [-0.25, -0.2) is 24.2 Å². The summed E-state index contributed by atoms with van der Waals surface area (Å²) in [6, 6.07) is 23.4. The number of azo groups is 2. The largest absolute Gasteiger partial charge is 0.478 e. The fourth-order valence-electron chi connectivity index (χ4n) is 7.21. The molecule has 1 amide bonds. The summed E-state index contributed by atoms with van der Waals surface area (Å²) < 4.78 is 134. The number of carboxylic acid groups (broad SMARTS) is 2. The van der Waals surface area contributed by atoms with Crippen LogP contribution in [0.15, 0.2) is 155 Å². The minimum absolute atomic E-state index is 0.00148. The lowest BCUT2D eigenvalue weighted by Crippen LogP contribution is -2.14. The Morgan fingerprint density at radius 2 is 1.10 bits per heavy atom. The molecule has 0 aliphatic rings. The molecule has 0 unspecified atom stereocenters. The number of carbonyl (C=O) groups is 3. The lowest BCUT2D eigenvalue weighted by atomic mass is 10.1. The number of nitriles is 2. The lowest BCUT2D eigenvalue weighted by Gasteiger charge is -2.16. The van der Waals surface area contributed by atoms with Gasteiger partial charge in [-0.2, -0.15) is 49.3 Å². The van der Waals surface area contributed by atoms with Crippen molar-refractivity contribution in [3.63, 3.8) is 0 Å². The summed E-state index contributed by atoms with van der Waals surface area (Å²) in [6.07, 6.45) is 1.05. The van der Waals surface area contributed by atoms with Crippen LogP contribution in [0, 0.1) is 29.6 Å². The quantitative estimate of drug-likeness (QED) is 0.0287. The van der Waals surface area contributed by atoms with Gasteiger partial charge in [0.1, 0.15) is 29.1 Å². The normalized spacial score (nSPS) is 12.0. The monoisotopic (exact) mass is 1210 g/mol. The molecule has 3 heterocycles. The molecule has 3 aromatic heterocycles. The van der Waals surface area contributed by atoms with Gasteiger partial charge in [0.05, 0.1) is 48.2 Å². The molecule has 416 valence electrons. The van der Waals surface area contributed by atoms with E-state index in [1.54, 1.807) is 0 Å². The summed E-state index contributed by atoms with van der Waals surface area (Å²) in [6.45, 7) is 1.46. The van der Waals surface area contributed by atoms with Crippen LogP contribution in [0.4, 0.5) is 50.3 Å². The number of rotatable bonds is 18. The van der Waals surface area contributed by atoms with Crippen molar-refractivity contribution >= 4 is 120 Å². The molecule has 35 heteroatoms. The zero-order valence-electron chi connectivity index (χ0n) is 40.7. The van der Waals surface area contributed by atoms with Gasteiger partial charge in [0.15, 0.2) is 22.5 Å². The van der Waals surface area contributed by atoms with Gasteiger partial charge in [0, 0.05) is 33.8 Å². The molecule has 0 aliphatic heterocycles. The van der Waals surface area contributed by atoms with Crippen LogP contribution in [-0.4, -0.2) is 99.7 Å². The fourth-order valence-corrected chi connectivity index (χ4v) is 10.1. The molecule has 0 spiro atoms. The first-order valence-electron chi connectivity index (χ1n) is 22.1. The Bertz CT molecular complexity index is 4510. The van der Waals surface area contributed by atoms with Crippen LogP contribution in [0.1, 0.15) is 47.8 Å².